The Labute approximate surface area is 209 Å². The molecule has 8 heteroatoms. The maximum Gasteiger partial charge on any atom is 0.339 e. The number of amides is 2. The molecule has 0 aliphatic carbocycles. The van der Waals surface area contributed by atoms with E-state index >= 15 is 0 Å². The quantitative estimate of drug-likeness (QED) is 0.414. The predicted molar refractivity (Wildman–Crippen MR) is 135 cm³/mol. The Balaban J connectivity index is 1.76. The number of rotatable bonds is 8. The van der Waals surface area contributed by atoms with Crippen LogP contribution in [0.2, 0.25) is 5.02 Å². The molecule has 0 aromatic heterocycles. The minimum Gasteiger partial charge on any atom is -0.452 e. The molecule has 0 spiro atoms. The van der Waals surface area contributed by atoms with Crippen molar-refractivity contribution < 1.29 is 19.1 Å². The van der Waals surface area contributed by atoms with Gasteiger partial charge in [0.2, 0.25) is 0 Å². The molecule has 0 aliphatic heterocycles. The van der Waals surface area contributed by atoms with E-state index in [1.54, 1.807) is 56.4 Å². The van der Waals surface area contributed by atoms with Crippen molar-refractivity contribution in [1.29, 1.82) is 5.26 Å². The largest absolute Gasteiger partial charge is 0.452 e. The summed E-state index contributed by atoms with van der Waals surface area (Å²) >= 11 is 6.09. The average Bonchev–Trinajstić information content (AvgIpc) is 2.89. The third-order valence-corrected chi connectivity index (χ3v) is 5.78. The highest BCUT2D eigenvalue weighted by Crippen LogP contribution is 2.23. The summed E-state index contributed by atoms with van der Waals surface area (Å²) in [7, 11) is 1.62. The van der Waals surface area contributed by atoms with Crippen LogP contribution in [-0.4, -0.2) is 38.0 Å². The highest BCUT2D eigenvalue weighted by atomic mass is 35.5. The van der Waals surface area contributed by atoms with Crippen molar-refractivity contribution in [2.45, 2.75) is 13.3 Å². The number of carbonyl (C=O) groups is 3. The first kappa shape index (κ1) is 25.5. The Morgan fingerprint density at radius 3 is 2.26 bits per heavy atom. The molecule has 2 amide bonds. The van der Waals surface area contributed by atoms with Gasteiger partial charge in [0.25, 0.3) is 11.8 Å². The van der Waals surface area contributed by atoms with Crippen LogP contribution in [0.1, 0.15) is 32.7 Å². The van der Waals surface area contributed by atoms with Crippen LogP contribution in [0.5, 0.6) is 0 Å². The number of hydrogen-bond acceptors (Lipinski definition) is 5. The van der Waals surface area contributed by atoms with Crippen LogP contribution in [-0.2, 0) is 9.53 Å². The summed E-state index contributed by atoms with van der Waals surface area (Å²) in [4.78, 5) is 41.7. The molecule has 0 aliphatic rings. The Bertz CT molecular complexity index is 1270. The van der Waals surface area contributed by atoms with E-state index in [-0.39, 0.29) is 30.0 Å². The van der Waals surface area contributed by atoms with Crippen LogP contribution in [0.15, 0.2) is 72.8 Å². The number of benzene rings is 3. The number of hydrogen-bond donors (Lipinski definition) is 0. The van der Waals surface area contributed by atoms with Gasteiger partial charge in [-0.25, -0.2) is 4.79 Å². The molecule has 0 heterocycles. The highest BCUT2D eigenvalue weighted by Gasteiger charge is 2.23. The van der Waals surface area contributed by atoms with Gasteiger partial charge in [-0.15, -0.1) is 0 Å². The van der Waals surface area contributed by atoms with E-state index < -0.39 is 18.5 Å². The fourth-order valence-electron chi connectivity index (χ4n) is 3.44. The van der Waals surface area contributed by atoms with Gasteiger partial charge in [-0.1, -0.05) is 41.9 Å². The molecule has 35 heavy (non-hydrogen) atoms. The molecule has 0 fully saturated rings. The number of nitrogens with zero attached hydrogens (tertiary/aromatic N) is 3. The molecule has 3 rings (SSSR count). The number of nitriles is 1. The van der Waals surface area contributed by atoms with Gasteiger partial charge in [-0.3, -0.25) is 9.59 Å². The lowest BCUT2D eigenvalue weighted by Gasteiger charge is -2.22. The van der Waals surface area contributed by atoms with E-state index in [4.69, 9.17) is 21.6 Å². The number of para-hydroxylation sites is 1. The molecule has 0 radical (unpaired) electrons. The summed E-state index contributed by atoms with van der Waals surface area (Å²) in [5.74, 6) is -1.68. The first-order valence-electron chi connectivity index (χ1n) is 10.9. The average molecular weight is 490 g/mol. The summed E-state index contributed by atoms with van der Waals surface area (Å²) < 4.78 is 5.29. The van der Waals surface area contributed by atoms with E-state index in [0.29, 0.717) is 16.4 Å². The van der Waals surface area contributed by atoms with Crippen LogP contribution in [0, 0.1) is 18.3 Å². The van der Waals surface area contributed by atoms with Gasteiger partial charge in [0.15, 0.2) is 6.61 Å². The second-order valence-electron chi connectivity index (χ2n) is 7.71. The summed E-state index contributed by atoms with van der Waals surface area (Å²) in [5, 5.41) is 9.54. The SMILES string of the molecule is Cc1cc(N(CCC#N)C(=O)COC(=O)c2ccccc2C(=O)N(C)c2ccccc2)ccc1Cl. The first-order chi connectivity index (χ1) is 16.8. The van der Waals surface area contributed by atoms with Crippen LogP contribution in [0.4, 0.5) is 11.4 Å². The maximum atomic E-state index is 13.1. The zero-order chi connectivity index (χ0) is 25.4. The van der Waals surface area contributed by atoms with Gasteiger partial charge < -0.3 is 14.5 Å². The van der Waals surface area contributed by atoms with Crippen molar-refractivity contribution in [3.8, 4) is 6.07 Å². The van der Waals surface area contributed by atoms with Gasteiger partial charge in [0, 0.05) is 30.0 Å². The first-order valence-corrected chi connectivity index (χ1v) is 11.2. The molecular weight excluding hydrogens is 466 g/mol. The molecule has 3 aromatic carbocycles. The monoisotopic (exact) mass is 489 g/mol. The lowest BCUT2D eigenvalue weighted by molar-refractivity contribution is -0.121. The molecule has 0 saturated carbocycles. The van der Waals surface area contributed by atoms with Crippen molar-refractivity contribution in [1.82, 2.24) is 0 Å². The summed E-state index contributed by atoms with van der Waals surface area (Å²) in [6, 6.07) is 22.4. The van der Waals surface area contributed by atoms with E-state index in [9.17, 15) is 14.4 Å². The van der Waals surface area contributed by atoms with Gasteiger partial charge in [0.1, 0.15) is 0 Å². The second-order valence-corrected chi connectivity index (χ2v) is 8.12. The number of halogens is 1. The maximum absolute atomic E-state index is 13.1. The number of esters is 1. The van der Waals surface area contributed by atoms with Crippen molar-refractivity contribution in [3.63, 3.8) is 0 Å². The Kier molecular flexibility index (Phi) is 8.60. The van der Waals surface area contributed by atoms with E-state index in [2.05, 4.69) is 0 Å². The predicted octanol–water partition coefficient (Wildman–Crippen LogP) is 5.03. The molecule has 3 aromatic rings. The fraction of sp³-hybridized carbons (Fsp3) is 0.185. The van der Waals surface area contributed by atoms with Gasteiger partial charge in [-0.05, 0) is 55.0 Å². The van der Waals surface area contributed by atoms with Crippen molar-refractivity contribution >= 4 is 40.8 Å². The molecule has 0 bridgehead atoms. The van der Waals surface area contributed by atoms with Gasteiger partial charge in [-0.2, -0.15) is 5.26 Å². The van der Waals surface area contributed by atoms with Crippen LogP contribution >= 0.6 is 11.6 Å². The van der Waals surface area contributed by atoms with E-state index in [0.717, 1.165) is 5.56 Å². The normalized spacial score (nSPS) is 10.2. The van der Waals surface area contributed by atoms with E-state index in [1.165, 1.54) is 21.9 Å². The summed E-state index contributed by atoms with van der Waals surface area (Å²) in [6.45, 7) is 1.38. The lowest BCUT2D eigenvalue weighted by Crippen LogP contribution is -2.36. The summed E-state index contributed by atoms with van der Waals surface area (Å²) in [6.07, 6.45) is 0.102. The molecule has 0 saturated heterocycles. The lowest BCUT2D eigenvalue weighted by atomic mass is 10.1. The van der Waals surface area contributed by atoms with Gasteiger partial charge >= 0.3 is 5.97 Å². The van der Waals surface area contributed by atoms with Crippen molar-refractivity contribution in [3.05, 3.63) is 94.5 Å². The fourth-order valence-corrected chi connectivity index (χ4v) is 3.55. The summed E-state index contributed by atoms with van der Waals surface area (Å²) in [5.41, 5.74) is 2.20. The highest BCUT2D eigenvalue weighted by molar-refractivity contribution is 6.31. The van der Waals surface area contributed by atoms with Gasteiger partial charge in [0.05, 0.1) is 23.6 Å². The van der Waals surface area contributed by atoms with Crippen LogP contribution in [0.25, 0.3) is 0 Å². The topological polar surface area (TPSA) is 90.7 Å². The molecular formula is C27H24ClN3O4. The Hall–Kier alpha value is -4.15. The number of ether oxygens (including phenoxy) is 1. The minimum atomic E-state index is -0.795. The van der Waals surface area contributed by atoms with E-state index in [1.807, 2.05) is 24.3 Å². The number of carbonyl (C=O) groups excluding carboxylic acids is 3. The molecule has 0 atom stereocenters. The van der Waals surface area contributed by atoms with Crippen molar-refractivity contribution in [2.24, 2.45) is 0 Å². The molecule has 0 unspecified atom stereocenters. The Morgan fingerprint density at radius 1 is 0.943 bits per heavy atom. The third kappa shape index (κ3) is 6.25. The standard InChI is InChI=1S/C27H24ClN3O4/c1-19-17-21(13-14-24(19)28)31(16-8-15-29)25(32)18-35-27(34)23-12-7-6-11-22(23)26(33)30(2)20-9-4-3-5-10-20/h3-7,9-14,17H,8,16,18H2,1-2H3. The smallest absolute Gasteiger partial charge is 0.339 e. The molecule has 178 valence electrons. The zero-order valence-corrected chi connectivity index (χ0v) is 20.2. The molecule has 0 N–H and O–H groups in total. The third-order valence-electron chi connectivity index (χ3n) is 5.35. The van der Waals surface area contributed by atoms with Crippen molar-refractivity contribution in [2.75, 3.05) is 30.0 Å². The van der Waals surface area contributed by atoms with Crippen LogP contribution < -0.4 is 9.80 Å². The second kappa shape index (κ2) is 11.8. The van der Waals surface area contributed by atoms with Crippen LogP contribution in [0.3, 0.4) is 0 Å². The number of anilines is 2. The molecule has 7 nitrogen and oxygen atoms in total. The number of aryl methyl sites for hydroxylation is 1. The minimum absolute atomic E-state index is 0.0546. The Morgan fingerprint density at radius 2 is 1.60 bits per heavy atom. The zero-order valence-electron chi connectivity index (χ0n) is 19.4.